The van der Waals surface area contributed by atoms with Gasteiger partial charge >= 0.3 is 0 Å². The number of likely N-dealkylation sites (N-methyl/N-ethyl adjacent to an activating group) is 1. The topological polar surface area (TPSA) is 21.3 Å². The zero-order valence-corrected chi connectivity index (χ0v) is 13.7. The van der Waals surface area contributed by atoms with Crippen molar-refractivity contribution in [3.05, 3.63) is 59.7 Å². The SMILES string of the molecule is CNCC(C)c1ccc(COc2ccc(SC)cc2)cc1. The first-order valence-corrected chi connectivity index (χ1v) is 8.45. The maximum absolute atomic E-state index is 5.82. The molecule has 3 heteroatoms. The van der Waals surface area contributed by atoms with E-state index in [9.17, 15) is 0 Å². The third kappa shape index (κ3) is 4.80. The molecular weight excluding hydrogens is 278 g/mol. The fourth-order valence-corrected chi connectivity index (χ4v) is 2.61. The second kappa shape index (κ2) is 8.11. The number of nitrogens with one attached hydrogen (secondary N) is 1. The zero-order valence-electron chi connectivity index (χ0n) is 12.9. The summed E-state index contributed by atoms with van der Waals surface area (Å²) in [4.78, 5) is 1.25. The molecule has 0 aliphatic carbocycles. The molecule has 2 nitrogen and oxygen atoms in total. The Morgan fingerprint density at radius 3 is 2.29 bits per heavy atom. The number of hydrogen-bond acceptors (Lipinski definition) is 3. The number of thioether (sulfide) groups is 1. The molecule has 0 bridgehead atoms. The number of rotatable bonds is 7. The molecule has 0 fully saturated rings. The summed E-state index contributed by atoms with van der Waals surface area (Å²) in [6, 6.07) is 16.9. The Morgan fingerprint density at radius 1 is 1.05 bits per heavy atom. The minimum absolute atomic E-state index is 0.532. The quantitative estimate of drug-likeness (QED) is 0.770. The summed E-state index contributed by atoms with van der Waals surface area (Å²) in [5.41, 5.74) is 2.56. The van der Waals surface area contributed by atoms with Crippen molar-refractivity contribution in [2.24, 2.45) is 0 Å². The maximum Gasteiger partial charge on any atom is 0.119 e. The van der Waals surface area contributed by atoms with Crippen molar-refractivity contribution in [3.8, 4) is 5.75 Å². The number of hydrogen-bond donors (Lipinski definition) is 1. The summed E-state index contributed by atoms with van der Waals surface area (Å²) in [5.74, 6) is 1.45. The Morgan fingerprint density at radius 2 is 1.71 bits per heavy atom. The predicted molar refractivity (Wildman–Crippen MR) is 91.3 cm³/mol. The summed E-state index contributed by atoms with van der Waals surface area (Å²) in [6.45, 7) is 3.84. The molecule has 1 atom stereocenters. The van der Waals surface area contributed by atoms with Crippen LogP contribution in [0.25, 0.3) is 0 Å². The van der Waals surface area contributed by atoms with Gasteiger partial charge in [-0.2, -0.15) is 0 Å². The van der Waals surface area contributed by atoms with E-state index in [0.29, 0.717) is 12.5 Å². The van der Waals surface area contributed by atoms with Crippen LogP contribution in [0.3, 0.4) is 0 Å². The molecule has 1 unspecified atom stereocenters. The van der Waals surface area contributed by atoms with E-state index in [0.717, 1.165) is 12.3 Å². The molecular formula is C18H23NOS. The normalized spacial score (nSPS) is 12.1. The monoisotopic (exact) mass is 301 g/mol. The highest BCUT2D eigenvalue weighted by atomic mass is 32.2. The van der Waals surface area contributed by atoms with Gasteiger partial charge in [-0.05, 0) is 54.6 Å². The minimum Gasteiger partial charge on any atom is -0.489 e. The van der Waals surface area contributed by atoms with E-state index in [4.69, 9.17) is 4.74 Å². The van der Waals surface area contributed by atoms with Gasteiger partial charge < -0.3 is 10.1 Å². The van der Waals surface area contributed by atoms with E-state index in [1.807, 2.05) is 19.2 Å². The predicted octanol–water partition coefficient (Wildman–Crippen LogP) is 4.31. The standard InChI is InChI=1S/C18H23NOS/c1-14(12-19-2)16-6-4-15(5-7-16)13-20-17-8-10-18(21-3)11-9-17/h4-11,14,19H,12-13H2,1-3H3. The lowest BCUT2D eigenvalue weighted by atomic mass is 10.00. The Kier molecular flexibility index (Phi) is 6.15. The molecule has 0 radical (unpaired) electrons. The van der Waals surface area contributed by atoms with Crippen molar-refractivity contribution in [3.63, 3.8) is 0 Å². The summed E-state index contributed by atoms with van der Waals surface area (Å²) in [5, 5.41) is 3.21. The Labute approximate surface area is 131 Å². The van der Waals surface area contributed by atoms with Crippen LogP contribution in [0.15, 0.2) is 53.4 Å². The van der Waals surface area contributed by atoms with Gasteiger partial charge in [0.1, 0.15) is 12.4 Å². The third-order valence-corrected chi connectivity index (χ3v) is 4.27. The molecule has 2 aromatic carbocycles. The highest BCUT2D eigenvalue weighted by molar-refractivity contribution is 7.98. The Bertz CT molecular complexity index is 536. The van der Waals surface area contributed by atoms with Gasteiger partial charge in [0.15, 0.2) is 0 Å². The Hall–Kier alpha value is -1.45. The number of ether oxygens (including phenoxy) is 1. The molecule has 1 N–H and O–H groups in total. The summed E-state index contributed by atoms with van der Waals surface area (Å²) < 4.78 is 5.82. The molecule has 0 saturated heterocycles. The smallest absolute Gasteiger partial charge is 0.119 e. The van der Waals surface area contributed by atoms with Crippen LogP contribution < -0.4 is 10.1 Å². The lowest BCUT2D eigenvalue weighted by Gasteiger charge is -2.12. The van der Waals surface area contributed by atoms with Gasteiger partial charge in [0.05, 0.1) is 0 Å². The van der Waals surface area contributed by atoms with Crippen LogP contribution in [0.1, 0.15) is 24.0 Å². The largest absolute Gasteiger partial charge is 0.489 e. The van der Waals surface area contributed by atoms with Gasteiger partial charge in [-0.15, -0.1) is 11.8 Å². The van der Waals surface area contributed by atoms with Gasteiger partial charge in [-0.25, -0.2) is 0 Å². The highest BCUT2D eigenvalue weighted by Gasteiger charge is 2.04. The van der Waals surface area contributed by atoms with Crippen molar-refractivity contribution in [1.82, 2.24) is 5.32 Å². The molecule has 0 heterocycles. The minimum atomic E-state index is 0.532. The molecule has 112 valence electrons. The molecule has 0 spiro atoms. The van der Waals surface area contributed by atoms with Crippen LogP contribution in [-0.2, 0) is 6.61 Å². The van der Waals surface area contributed by atoms with Gasteiger partial charge in [0.2, 0.25) is 0 Å². The first-order valence-electron chi connectivity index (χ1n) is 7.23. The second-order valence-corrected chi connectivity index (χ2v) is 6.04. The molecule has 21 heavy (non-hydrogen) atoms. The van der Waals surface area contributed by atoms with Crippen LogP contribution in [0.5, 0.6) is 5.75 Å². The Balaban J connectivity index is 1.90. The fourth-order valence-electron chi connectivity index (χ4n) is 2.21. The summed E-state index contributed by atoms with van der Waals surface area (Å²) >= 11 is 1.74. The van der Waals surface area contributed by atoms with Crippen LogP contribution in [-0.4, -0.2) is 19.8 Å². The summed E-state index contributed by atoms with van der Waals surface area (Å²) in [7, 11) is 1.99. The van der Waals surface area contributed by atoms with E-state index >= 15 is 0 Å². The lowest BCUT2D eigenvalue weighted by molar-refractivity contribution is 0.306. The maximum atomic E-state index is 5.82. The van der Waals surface area contributed by atoms with Crippen molar-refractivity contribution in [2.75, 3.05) is 19.8 Å². The first-order chi connectivity index (χ1) is 10.2. The van der Waals surface area contributed by atoms with E-state index in [2.05, 4.69) is 54.9 Å². The molecule has 0 aliphatic rings. The number of benzene rings is 2. The lowest BCUT2D eigenvalue weighted by Crippen LogP contribution is -2.14. The van der Waals surface area contributed by atoms with Crippen LogP contribution in [0.4, 0.5) is 0 Å². The van der Waals surface area contributed by atoms with Crippen molar-refractivity contribution in [1.29, 1.82) is 0 Å². The molecule has 0 aliphatic heterocycles. The molecule has 0 aromatic heterocycles. The average molecular weight is 301 g/mol. The van der Waals surface area contributed by atoms with E-state index in [1.54, 1.807) is 11.8 Å². The van der Waals surface area contributed by atoms with Crippen molar-refractivity contribution in [2.45, 2.75) is 24.3 Å². The van der Waals surface area contributed by atoms with Gasteiger partial charge in [0, 0.05) is 11.4 Å². The molecule has 0 amide bonds. The van der Waals surface area contributed by atoms with Gasteiger partial charge in [-0.1, -0.05) is 31.2 Å². The third-order valence-electron chi connectivity index (χ3n) is 3.52. The van der Waals surface area contributed by atoms with E-state index < -0.39 is 0 Å². The first kappa shape index (κ1) is 15.9. The van der Waals surface area contributed by atoms with Gasteiger partial charge in [-0.3, -0.25) is 0 Å². The average Bonchev–Trinajstić information content (AvgIpc) is 2.54. The molecule has 2 rings (SSSR count). The fraction of sp³-hybridized carbons (Fsp3) is 0.333. The van der Waals surface area contributed by atoms with Crippen molar-refractivity contribution < 1.29 is 4.74 Å². The van der Waals surface area contributed by atoms with E-state index in [-0.39, 0.29) is 0 Å². The second-order valence-electron chi connectivity index (χ2n) is 5.16. The summed E-state index contributed by atoms with van der Waals surface area (Å²) in [6.07, 6.45) is 2.08. The molecule has 0 saturated carbocycles. The highest BCUT2D eigenvalue weighted by Crippen LogP contribution is 2.20. The van der Waals surface area contributed by atoms with Gasteiger partial charge in [0.25, 0.3) is 0 Å². The van der Waals surface area contributed by atoms with Crippen LogP contribution in [0, 0.1) is 0 Å². The molecule has 2 aromatic rings. The zero-order chi connectivity index (χ0) is 15.1. The van der Waals surface area contributed by atoms with Crippen molar-refractivity contribution >= 4 is 11.8 Å². The van der Waals surface area contributed by atoms with Crippen LogP contribution in [0.2, 0.25) is 0 Å². The van der Waals surface area contributed by atoms with E-state index in [1.165, 1.54) is 16.0 Å². The van der Waals surface area contributed by atoms with Crippen LogP contribution >= 0.6 is 11.8 Å².